The van der Waals surface area contributed by atoms with Gasteiger partial charge in [0.25, 0.3) is 0 Å². The van der Waals surface area contributed by atoms with Crippen LogP contribution in [-0.4, -0.2) is 55.0 Å². The highest BCUT2D eigenvalue weighted by Crippen LogP contribution is 2.38. The van der Waals surface area contributed by atoms with Crippen LogP contribution in [0.25, 0.3) is 0 Å². The topological polar surface area (TPSA) is 79.4 Å². The van der Waals surface area contributed by atoms with Crippen molar-refractivity contribution in [1.29, 1.82) is 0 Å². The Kier molecular flexibility index (Phi) is 6.58. The minimum absolute atomic E-state index is 0.0139. The van der Waals surface area contributed by atoms with E-state index in [1.165, 1.54) is 30.5 Å². The Labute approximate surface area is 195 Å². The number of hydrogen-bond donors (Lipinski definition) is 1. The van der Waals surface area contributed by atoms with E-state index < -0.39 is 33.9 Å². The number of nitrogens with one attached hydrogen (secondary N) is 1. The summed E-state index contributed by atoms with van der Waals surface area (Å²) in [6.45, 7) is 0. The number of carbonyl (C=O) groups excluding carboxylic acids is 1. The lowest BCUT2D eigenvalue weighted by Crippen LogP contribution is -2.44. The van der Waals surface area contributed by atoms with Crippen molar-refractivity contribution < 1.29 is 30.8 Å². The third kappa shape index (κ3) is 5.34. The zero-order chi connectivity index (χ0) is 24.7. The van der Waals surface area contributed by atoms with Crippen molar-refractivity contribution in [1.82, 2.24) is 9.88 Å². The second-order valence-corrected chi connectivity index (χ2v) is 11.3. The first kappa shape index (κ1) is 24.4. The fourth-order valence-corrected chi connectivity index (χ4v) is 6.21. The minimum Gasteiger partial charge on any atom is -0.380 e. The monoisotopic (exact) mass is 499 g/mol. The smallest absolute Gasteiger partial charge is 0.380 e. The highest BCUT2D eigenvalue weighted by atomic mass is 32.2. The molecule has 0 radical (unpaired) electrons. The van der Waals surface area contributed by atoms with Crippen LogP contribution in [-0.2, 0) is 27.5 Å². The average molecular weight is 500 g/mol. The predicted octanol–water partition coefficient (Wildman–Crippen LogP) is 3.69. The van der Waals surface area contributed by atoms with Gasteiger partial charge in [0.1, 0.15) is 15.7 Å². The zero-order valence-corrected chi connectivity index (χ0v) is 19.3. The lowest BCUT2D eigenvalue weighted by atomic mass is 9.99. The van der Waals surface area contributed by atoms with Gasteiger partial charge in [0.2, 0.25) is 5.91 Å². The number of hydrogen-bond acceptors (Lipinski definition) is 5. The molecule has 6 nitrogen and oxygen atoms in total. The fraction of sp³-hybridized carbons (Fsp3) is 0.478. The van der Waals surface area contributed by atoms with Gasteiger partial charge in [-0.25, -0.2) is 12.8 Å². The van der Waals surface area contributed by atoms with Crippen molar-refractivity contribution >= 4 is 21.4 Å². The molecule has 0 bridgehead atoms. The van der Waals surface area contributed by atoms with Crippen molar-refractivity contribution in [2.24, 2.45) is 5.92 Å². The Morgan fingerprint density at radius 1 is 1.12 bits per heavy atom. The molecule has 2 heterocycles. The van der Waals surface area contributed by atoms with Crippen LogP contribution in [0.1, 0.15) is 35.7 Å². The van der Waals surface area contributed by atoms with E-state index in [9.17, 15) is 30.8 Å². The van der Waals surface area contributed by atoms with Crippen LogP contribution < -0.4 is 5.32 Å². The summed E-state index contributed by atoms with van der Waals surface area (Å²) >= 11 is 0. The molecule has 2 aromatic rings. The number of fused-ring (bicyclic) bond motifs is 1. The van der Waals surface area contributed by atoms with E-state index in [2.05, 4.69) is 10.3 Å². The first-order chi connectivity index (χ1) is 15.9. The predicted molar refractivity (Wildman–Crippen MR) is 118 cm³/mol. The molecule has 0 saturated carbocycles. The molecule has 1 aliphatic heterocycles. The molecule has 1 aromatic heterocycles. The molecular formula is C23H25F4N3O3S. The summed E-state index contributed by atoms with van der Waals surface area (Å²) in [5.41, 5.74) is 2.12. The molecule has 11 heteroatoms. The number of anilines is 1. The van der Waals surface area contributed by atoms with Gasteiger partial charge in [-0.05, 0) is 61.1 Å². The maximum Gasteiger partial charge on any atom is 0.414 e. The normalized spacial score (nSPS) is 21.0. The standard InChI is InChI=1S/C23H25F4N3O3S/c1-30(22(31)14-6-8-34(32,33)9-7-14)21(23(25,26)27)20-5-4-18(13-28-20)29-19-11-15-2-3-17(24)10-16(15)12-19/h2-5,10,13-14,19,21,29H,6-9,11-12H2,1H3/t19?,21-/m0/s1. The number of pyridine rings is 1. The number of aromatic nitrogens is 1. The lowest BCUT2D eigenvalue weighted by molar-refractivity contribution is -0.191. The van der Waals surface area contributed by atoms with Crippen molar-refractivity contribution in [2.45, 2.75) is 43.9 Å². The highest BCUT2D eigenvalue weighted by molar-refractivity contribution is 7.91. The van der Waals surface area contributed by atoms with E-state index in [1.54, 1.807) is 6.07 Å². The largest absolute Gasteiger partial charge is 0.414 e. The molecule has 2 aliphatic rings. The molecule has 1 amide bonds. The van der Waals surface area contributed by atoms with Crippen LogP contribution in [0.3, 0.4) is 0 Å². The quantitative estimate of drug-likeness (QED) is 0.635. The summed E-state index contributed by atoms with van der Waals surface area (Å²) < 4.78 is 78.5. The van der Waals surface area contributed by atoms with Crippen molar-refractivity contribution in [2.75, 3.05) is 23.9 Å². The number of benzene rings is 1. The van der Waals surface area contributed by atoms with E-state index >= 15 is 0 Å². The molecule has 4 rings (SSSR count). The van der Waals surface area contributed by atoms with Crippen molar-refractivity contribution in [3.8, 4) is 0 Å². The van der Waals surface area contributed by atoms with Crippen LogP contribution >= 0.6 is 0 Å². The van der Waals surface area contributed by atoms with Crippen molar-refractivity contribution in [3.05, 3.63) is 59.2 Å². The van der Waals surface area contributed by atoms with Gasteiger partial charge in [-0.1, -0.05) is 6.07 Å². The summed E-state index contributed by atoms with van der Waals surface area (Å²) in [4.78, 5) is 17.4. The number of rotatable bonds is 5. The summed E-state index contributed by atoms with van der Waals surface area (Å²) in [5.74, 6) is -2.23. The molecule has 1 fully saturated rings. The van der Waals surface area contributed by atoms with Gasteiger partial charge in [0.15, 0.2) is 6.04 Å². The second-order valence-electron chi connectivity index (χ2n) is 8.95. The number of amides is 1. The van der Waals surface area contributed by atoms with Crippen molar-refractivity contribution in [3.63, 3.8) is 0 Å². The Morgan fingerprint density at radius 2 is 1.79 bits per heavy atom. The van der Waals surface area contributed by atoms with E-state index in [1.807, 2.05) is 0 Å². The molecular weight excluding hydrogens is 474 g/mol. The second kappa shape index (κ2) is 9.16. The molecule has 1 unspecified atom stereocenters. The zero-order valence-electron chi connectivity index (χ0n) is 18.5. The van der Waals surface area contributed by atoms with Gasteiger partial charge in [-0.15, -0.1) is 0 Å². The molecule has 0 spiro atoms. The van der Waals surface area contributed by atoms with Gasteiger partial charge in [0.05, 0.1) is 29.1 Å². The lowest BCUT2D eigenvalue weighted by Gasteiger charge is -2.33. The van der Waals surface area contributed by atoms with Gasteiger partial charge >= 0.3 is 6.18 Å². The summed E-state index contributed by atoms with van der Waals surface area (Å²) in [7, 11) is -2.17. The highest BCUT2D eigenvalue weighted by Gasteiger charge is 2.47. The summed E-state index contributed by atoms with van der Waals surface area (Å²) in [6.07, 6.45) is -2.18. The third-order valence-electron chi connectivity index (χ3n) is 6.49. The van der Waals surface area contributed by atoms with Crippen LogP contribution in [0.5, 0.6) is 0 Å². The molecule has 1 aliphatic carbocycles. The SMILES string of the molecule is CN(C(=O)C1CCS(=O)(=O)CC1)[C@@H](c1ccc(NC2Cc3ccc(F)cc3C2)cn1)C(F)(F)F. The molecule has 184 valence electrons. The molecule has 34 heavy (non-hydrogen) atoms. The van der Waals surface area contributed by atoms with E-state index in [4.69, 9.17) is 0 Å². The minimum atomic E-state index is -4.76. The average Bonchev–Trinajstić information content (AvgIpc) is 3.15. The van der Waals surface area contributed by atoms with Gasteiger partial charge in [-0.2, -0.15) is 13.2 Å². The Hall–Kier alpha value is -2.69. The van der Waals surface area contributed by atoms with Crippen LogP contribution in [0.2, 0.25) is 0 Å². The summed E-state index contributed by atoms with van der Waals surface area (Å²) in [5, 5.41) is 3.22. The number of alkyl halides is 3. The maximum absolute atomic E-state index is 13.9. The third-order valence-corrected chi connectivity index (χ3v) is 8.20. The molecule has 1 N–H and O–H groups in total. The first-order valence-electron chi connectivity index (χ1n) is 11.0. The Morgan fingerprint density at radius 3 is 2.41 bits per heavy atom. The number of carbonyl (C=O) groups is 1. The van der Waals surface area contributed by atoms with E-state index in [-0.39, 0.29) is 41.9 Å². The molecule has 1 saturated heterocycles. The Bertz CT molecular complexity index is 1150. The molecule has 1 aromatic carbocycles. The Balaban J connectivity index is 1.45. The number of halogens is 4. The van der Waals surface area contributed by atoms with Crippen LogP contribution in [0, 0.1) is 11.7 Å². The molecule has 2 atom stereocenters. The maximum atomic E-state index is 13.9. The van der Waals surface area contributed by atoms with Gasteiger partial charge in [-0.3, -0.25) is 9.78 Å². The van der Waals surface area contributed by atoms with Gasteiger partial charge in [0, 0.05) is 19.0 Å². The fourth-order valence-electron chi connectivity index (χ4n) is 4.71. The number of nitrogens with zero attached hydrogens (tertiary/aromatic N) is 2. The first-order valence-corrected chi connectivity index (χ1v) is 12.8. The summed E-state index contributed by atoms with van der Waals surface area (Å²) in [6, 6.07) is 5.06. The van der Waals surface area contributed by atoms with E-state index in [0.717, 1.165) is 18.2 Å². The van der Waals surface area contributed by atoms with Gasteiger partial charge < -0.3 is 10.2 Å². The van der Waals surface area contributed by atoms with Crippen LogP contribution in [0.4, 0.5) is 23.2 Å². The van der Waals surface area contributed by atoms with E-state index in [0.29, 0.717) is 23.4 Å². The number of sulfone groups is 1. The van der Waals surface area contributed by atoms with Crippen LogP contribution in [0.15, 0.2) is 36.5 Å².